The molecule has 0 bridgehead atoms. The van der Waals surface area contributed by atoms with E-state index in [1.807, 2.05) is 0 Å². The maximum atomic E-state index is 13.2. The van der Waals surface area contributed by atoms with Crippen LogP contribution in [0, 0.1) is 0 Å². The lowest BCUT2D eigenvalue weighted by Crippen LogP contribution is -2.35. The maximum Gasteiger partial charge on any atom is 0.441 e. The van der Waals surface area contributed by atoms with Crippen LogP contribution in [0.25, 0.3) is 0 Å². The third kappa shape index (κ3) is 2.09. The Kier molecular flexibility index (Phi) is 3.20. The molecule has 0 atom stereocenters. The van der Waals surface area contributed by atoms with Crippen molar-refractivity contribution in [3.63, 3.8) is 0 Å². The van der Waals surface area contributed by atoms with Crippen molar-refractivity contribution in [1.82, 2.24) is 9.78 Å². The van der Waals surface area contributed by atoms with Crippen LogP contribution in [0.4, 0.5) is 8.78 Å². The second-order valence-corrected chi connectivity index (χ2v) is 3.28. The zero-order chi connectivity index (χ0) is 10.8. The van der Waals surface area contributed by atoms with E-state index in [1.54, 1.807) is 0 Å². The number of hydrogen-bond donors (Lipinski definition) is 0. The molecule has 1 rings (SSSR count). The lowest BCUT2D eigenvalue weighted by atomic mass is 10.5. The van der Waals surface area contributed by atoms with Crippen LogP contribution in [0.5, 0.6) is 0 Å². The van der Waals surface area contributed by atoms with Crippen molar-refractivity contribution in [2.45, 2.75) is 13.0 Å². The molecule has 0 spiro atoms. The van der Waals surface area contributed by atoms with Crippen LogP contribution in [0.3, 0.4) is 0 Å². The Balaban J connectivity index is 2.89. The highest BCUT2D eigenvalue weighted by molar-refractivity contribution is 9.10. The summed E-state index contributed by atoms with van der Waals surface area (Å²) in [6.45, 7) is 1.35. The van der Waals surface area contributed by atoms with Gasteiger partial charge in [-0.15, -0.1) is 0 Å². The first kappa shape index (κ1) is 11.1. The number of halogens is 3. The number of aromatic nitrogens is 2. The van der Waals surface area contributed by atoms with E-state index >= 15 is 0 Å². The van der Waals surface area contributed by atoms with Gasteiger partial charge in [-0.1, -0.05) is 0 Å². The maximum absolute atomic E-state index is 13.2. The molecule has 0 aliphatic carbocycles. The predicted molar refractivity (Wildman–Crippen MR) is 46.8 cm³/mol. The Labute approximate surface area is 87.0 Å². The molecule has 1 heterocycles. The van der Waals surface area contributed by atoms with Crippen LogP contribution in [0.2, 0.25) is 0 Å². The van der Waals surface area contributed by atoms with Crippen LogP contribution in [0.1, 0.15) is 6.92 Å². The van der Waals surface area contributed by atoms with Crippen molar-refractivity contribution in [1.29, 1.82) is 0 Å². The molecule has 1 aromatic rings. The van der Waals surface area contributed by atoms with Crippen molar-refractivity contribution in [3.8, 4) is 0 Å². The van der Waals surface area contributed by atoms with Gasteiger partial charge in [-0.25, -0.2) is 4.79 Å². The first-order valence-corrected chi connectivity index (χ1v) is 4.53. The monoisotopic (exact) mass is 268 g/mol. The fraction of sp³-hybridized carbons (Fsp3) is 0.429. The van der Waals surface area contributed by atoms with E-state index in [0.29, 0.717) is 4.47 Å². The number of esters is 1. The highest BCUT2D eigenvalue weighted by atomic mass is 79.9. The molecule has 78 valence electrons. The fourth-order valence-electron chi connectivity index (χ4n) is 0.766. The van der Waals surface area contributed by atoms with Crippen molar-refractivity contribution in [2.24, 2.45) is 0 Å². The second kappa shape index (κ2) is 4.04. The van der Waals surface area contributed by atoms with Gasteiger partial charge < -0.3 is 4.74 Å². The van der Waals surface area contributed by atoms with Gasteiger partial charge in [0, 0.05) is 6.20 Å². The van der Waals surface area contributed by atoms with Gasteiger partial charge in [0.2, 0.25) is 0 Å². The smallest absolute Gasteiger partial charge is 0.441 e. The molecule has 0 aliphatic rings. The third-order valence-corrected chi connectivity index (χ3v) is 1.77. The van der Waals surface area contributed by atoms with E-state index in [4.69, 9.17) is 0 Å². The highest BCUT2D eigenvalue weighted by Gasteiger charge is 2.43. The van der Waals surface area contributed by atoms with E-state index in [2.05, 4.69) is 25.8 Å². The molecule has 0 unspecified atom stereocenters. The van der Waals surface area contributed by atoms with Gasteiger partial charge >= 0.3 is 12.0 Å². The molecule has 0 saturated heterocycles. The van der Waals surface area contributed by atoms with E-state index in [-0.39, 0.29) is 11.3 Å². The number of nitrogens with zero attached hydrogens (tertiary/aromatic N) is 2. The van der Waals surface area contributed by atoms with Crippen molar-refractivity contribution in [3.05, 3.63) is 16.9 Å². The Morgan fingerprint density at radius 3 is 2.86 bits per heavy atom. The van der Waals surface area contributed by atoms with Crippen LogP contribution in [-0.4, -0.2) is 22.4 Å². The van der Waals surface area contributed by atoms with Gasteiger partial charge in [0.15, 0.2) is 0 Å². The predicted octanol–water partition coefficient (Wildman–Crippen LogP) is 1.76. The number of hydrogen-bond acceptors (Lipinski definition) is 3. The molecule has 0 aromatic carbocycles. The fourth-order valence-corrected chi connectivity index (χ4v) is 1.05. The van der Waals surface area contributed by atoms with Crippen LogP contribution < -0.4 is 0 Å². The number of rotatable bonds is 3. The Morgan fingerprint density at radius 2 is 2.43 bits per heavy atom. The van der Waals surface area contributed by atoms with E-state index in [0.717, 1.165) is 12.4 Å². The molecule has 0 fully saturated rings. The zero-order valence-electron chi connectivity index (χ0n) is 7.21. The van der Waals surface area contributed by atoms with E-state index in [9.17, 15) is 13.6 Å². The summed E-state index contributed by atoms with van der Waals surface area (Å²) < 4.78 is 31.1. The van der Waals surface area contributed by atoms with Gasteiger partial charge in [0.1, 0.15) is 0 Å². The average molecular weight is 269 g/mol. The lowest BCUT2D eigenvalue weighted by molar-refractivity contribution is -0.189. The summed E-state index contributed by atoms with van der Waals surface area (Å²) in [6.07, 6.45) is 2.16. The standard InChI is InChI=1S/C7H7BrF2N2O2/c1-2-14-6(13)7(9,10)12-4-5(8)3-11-12/h3-4H,2H2,1H3. The minimum atomic E-state index is -3.76. The molecule has 0 N–H and O–H groups in total. The molecule has 1 aromatic heterocycles. The average Bonchev–Trinajstić information content (AvgIpc) is 2.52. The number of carbonyl (C=O) groups is 1. The summed E-state index contributed by atoms with van der Waals surface area (Å²) in [5.74, 6) is -1.62. The quantitative estimate of drug-likeness (QED) is 0.785. The third-order valence-electron chi connectivity index (χ3n) is 1.36. The first-order chi connectivity index (χ1) is 6.48. The molecule has 0 aliphatic heterocycles. The Morgan fingerprint density at radius 1 is 1.79 bits per heavy atom. The number of carbonyl (C=O) groups excluding carboxylic acids is 1. The number of alkyl halides is 2. The van der Waals surface area contributed by atoms with Crippen LogP contribution >= 0.6 is 15.9 Å². The molecule has 0 saturated carbocycles. The molecular weight excluding hydrogens is 262 g/mol. The van der Waals surface area contributed by atoms with Crippen molar-refractivity contribution >= 4 is 21.9 Å². The van der Waals surface area contributed by atoms with Crippen molar-refractivity contribution in [2.75, 3.05) is 6.61 Å². The molecular formula is C7H7BrF2N2O2. The van der Waals surface area contributed by atoms with Crippen molar-refractivity contribution < 1.29 is 18.3 Å². The molecule has 14 heavy (non-hydrogen) atoms. The topological polar surface area (TPSA) is 44.1 Å². The molecule has 0 amide bonds. The van der Waals surface area contributed by atoms with Gasteiger partial charge in [-0.05, 0) is 22.9 Å². The van der Waals surface area contributed by atoms with E-state index < -0.39 is 12.0 Å². The Bertz CT molecular complexity index is 340. The molecule has 7 heteroatoms. The molecule has 0 radical (unpaired) electrons. The first-order valence-electron chi connectivity index (χ1n) is 3.74. The zero-order valence-corrected chi connectivity index (χ0v) is 8.79. The van der Waals surface area contributed by atoms with Gasteiger partial charge in [0.25, 0.3) is 0 Å². The summed E-state index contributed by atoms with van der Waals surface area (Å²) in [5.41, 5.74) is 0. The van der Waals surface area contributed by atoms with Gasteiger partial charge in [-0.3, -0.25) is 0 Å². The van der Waals surface area contributed by atoms with Gasteiger partial charge in [0.05, 0.1) is 17.3 Å². The minimum absolute atomic E-state index is 0.100. The SMILES string of the molecule is CCOC(=O)C(F)(F)n1cc(Br)cn1. The second-order valence-electron chi connectivity index (χ2n) is 2.36. The van der Waals surface area contributed by atoms with Crippen LogP contribution in [0.15, 0.2) is 16.9 Å². The Hall–Kier alpha value is -0.980. The number of ether oxygens (including phenoxy) is 1. The summed E-state index contributed by atoms with van der Waals surface area (Å²) >= 11 is 2.94. The van der Waals surface area contributed by atoms with Gasteiger partial charge in [-0.2, -0.15) is 18.6 Å². The summed E-state index contributed by atoms with van der Waals surface area (Å²) in [5, 5.41) is 3.31. The summed E-state index contributed by atoms with van der Waals surface area (Å²) in [6, 6.07) is -3.76. The molecule has 4 nitrogen and oxygen atoms in total. The normalized spacial score (nSPS) is 11.4. The highest BCUT2D eigenvalue weighted by Crippen LogP contribution is 2.23. The lowest BCUT2D eigenvalue weighted by Gasteiger charge is -2.13. The summed E-state index contributed by atoms with van der Waals surface area (Å²) in [4.78, 5) is 10.8. The van der Waals surface area contributed by atoms with E-state index in [1.165, 1.54) is 6.92 Å². The van der Waals surface area contributed by atoms with Crippen LogP contribution in [-0.2, 0) is 15.6 Å². The minimum Gasteiger partial charge on any atom is -0.460 e. The summed E-state index contributed by atoms with van der Waals surface area (Å²) in [7, 11) is 0. The largest absolute Gasteiger partial charge is 0.460 e.